The van der Waals surface area contributed by atoms with E-state index in [4.69, 9.17) is 0 Å². The number of alkyl halides is 3. The lowest BCUT2D eigenvalue weighted by atomic mass is 10.1. The van der Waals surface area contributed by atoms with Crippen molar-refractivity contribution in [2.45, 2.75) is 19.8 Å². The third-order valence-corrected chi connectivity index (χ3v) is 2.52. The first-order chi connectivity index (χ1) is 8.40. The first-order valence-electron chi connectivity index (χ1n) is 5.38. The summed E-state index contributed by atoms with van der Waals surface area (Å²) in [5.41, 5.74) is 0.450. The summed E-state index contributed by atoms with van der Waals surface area (Å²) in [6.45, 7) is 0.860. The highest BCUT2D eigenvalue weighted by Crippen LogP contribution is 2.24. The highest BCUT2D eigenvalue weighted by atomic mass is 19.4. The molecular weight excluding hydrogens is 247 g/mol. The molecule has 0 N–H and O–H groups in total. The average molecular weight is 261 g/mol. The smallest absolute Gasteiger partial charge is 0.460 e. The second-order valence-electron chi connectivity index (χ2n) is 3.63. The molecular formula is C12H14F3NO2. The second-order valence-corrected chi connectivity index (χ2v) is 3.63. The van der Waals surface area contributed by atoms with Gasteiger partial charge < -0.3 is 4.74 Å². The fraction of sp³-hybridized carbons (Fsp3) is 0.417. The lowest BCUT2D eigenvalue weighted by molar-refractivity contribution is -0.247. The summed E-state index contributed by atoms with van der Waals surface area (Å²) in [6, 6.07) is 6.11. The van der Waals surface area contributed by atoms with Crippen molar-refractivity contribution < 1.29 is 22.7 Å². The van der Waals surface area contributed by atoms with Gasteiger partial charge in [-0.25, -0.2) is 9.69 Å². The maximum Gasteiger partial charge on any atom is 0.460 e. The zero-order valence-corrected chi connectivity index (χ0v) is 10.1. The van der Waals surface area contributed by atoms with Gasteiger partial charge in [0, 0.05) is 13.1 Å². The maximum absolute atomic E-state index is 12.6. The number of rotatable bonds is 4. The minimum Gasteiger partial charge on any atom is -0.465 e. The summed E-state index contributed by atoms with van der Waals surface area (Å²) in [6.07, 6.45) is -4.42. The monoisotopic (exact) mass is 261 g/mol. The van der Waals surface area contributed by atoms with Crippen LogP contribution in [0.4, 0.5) is 13.2 Å². The van der Waals surface area contributed by atoms with Gasteiger partial charge in [0.25, 0.3) is 0 Å². The molecule has 0 aromatic heterocycles. The predicted molar refractivity (Wildman–Crippen MR) is 59.9 cm³/mol. The van der Waals surface area contributed by atoms with Gasteiger partial charge in [-0.05, 0) is 11.6 Å². The molecule has 0 atom stereocenters. The highest BCUT2D eigenvalue weighted by molar-refractivity contribution is 5.90. The van der Waals surface area contributed by atoms with Crippen molar-refractivity contribution in [3.05, 3.63) is 35.4 Å². The van der Waals surface area contributed by atoms with Crippen LogP contribution in [0.15, 0.2) is 24.3 Å². The molecule has 0 aliphatic heterocycles. The number of carbonyl (C=O) groups excluding carboxylic acids is 1. The van der Waals surface area contributed by atoms with Gasteiger partial charge in [-0.2, -0.15) is 13.2 Å². The first-order valence-corrected chi connectivity index (χ1v) is 5.38. The van der Waals surface area contributed by atoms with Crippen molar-refractivity contribution in [3.8, 4) is 0 Å². The maximum atomic E-state index is 12.6. The number of benzene rings is 1. The summed E-state index contributed by atoms with van der Waals surface area (Å²) >= 11 is 0. The fourth-order valence-electron chi connectivity index (χ4n) is 1.55. The van der Waals surface area contributed by atoms with Crippen LogP contribution < -0.4 is 0 Å². The van der Waals surface area contributed by atoms with Crippen molar-refractivity contribution in [2.24, 2.45) is 0 Å². The number of hydrogen-bond acceptors (Lipinski definition) is 3. The van der Waals surface area contributed by atoms with E-state index >= 15 is 0 Å². The summed E-state index contributed by atoms with van der Waals surface area (Å²) in [4.78, 5) is 11.8. The first kappa shape index (κ1) is 14.5. The van der Waals surface area contributed by atoms with Gasteiger partial charge in [0.2, 0.25) is 0 Å². The number of ether oxygens (including phenoxy) is 1. The van der Waals surface area contributed by atoms with E-state index in [0.29, 0.717) is 10.5 Å². The Bertz CT molecular complexity index is 418. The standard InChI is InChI=1S/C12H14F3NO2/c1-3-16(12(13,14)15)8-9-6-4-5-7-10(9)11(17)18-2/h4-7H,3,8H2,1-2H3. The van der Waals surface area contributed by atoms with Crippen LogP contribution in [0, 0.1) is 0 Å². The van der Waals surface area contributed by atoms with E-state index in [1.54, 1.807) is 12.1 Å². The molecule has 18 heavy (non-hydrogen) atoms. The fourth-order valence-corrected chi connectivity index (χ4v) is 1.55. The normalized spacial score (nSPS) is 11.7. The molecule has 0 unspecified atom stereocenters. The Balaban J connectivity index is 3.00. The van der Waals surface area contributed by atoms with Crippen LogP contribution in [0.5, 0.6) is 0 Å². The van der Waals surface area contributed by atoms with E-state index in [1.165, 1.54) is 26.2 Å². The van der Waals surface area contributed by atoms with Crippen LogP contribution in [0.25, 0.3) is 0 Å². The molecule has 1 aromatic rings. The Morgan fingerprint density at radius 1 is 1.33 bits per heavy atom. The topological polar surface area (TPSA) is 29.5 Å². The van der Waals surface area contributed by atoms with Crippen molar-refractivity contribution in [2.75, 3.05) is 13.7 Å². The van der Waals surface area contributed by atoms with Crippen LogP contribution in [-0.2, 0) is 11.3 Å². The number of carbonyl (C=O) groups is 1. The molecule has 0 fully saturated rings. The quantitative estimate of drug-likeness (QED) is 0.616. The summed E-state index contributed by atoms with van der Waals surface area (Å²) in [7, 11) is 1.19. The summed E-state index contributed by atoms with van der Waals surface area (Å²) in [5, 5.41) is 0. The van der Waals surface area contributed by atoms with Crippen LogP contribution in [-0.4, -0.2) is 30.8 Å². The van der Waals surface area contributed by atoms with Crippen LogP contribution in [0.2, 0.25) is 0 Å². The largest absolute Gasteiger partial charge is 0.465 e. The lowest BCUT2D eigenvalue weighted by Gasteiger charge is -2.23. The van der Waals surface area contributed by atoms with Crippen molar-refractivity contribution in [1.82, 2.24) is 4.90 Å². The number of hydrogen-bond donors (Lipinski definition) is 0. The molecule has 0 spiro atoms. The number of halogens is 3. The van der Waals surface area contributed by atoms with Gasteiger partial charge in [-0.15, -0.1) is 0 Å². The Labute approximate surface area is 103 Å². The molecule has 6 heteroatoms. The molecule has 1 aromatic carbocycles. The second kappa shape index (κ2) is 5.86. The van der Waals surface area contributed by atoms with E-state index in [2.05, 4.69) is 4.74 Å². The van der Waals surface area contributed by atoms with Crippen LogP contribution in [0.3, 0.4) is 0 Å². The van der Waals surface area contributed by atoms with Gasteiger partial charge in [-0.1, -0.05) is 25.1 Å². The molecule has 3 nitrogen and oxygen atoms in total. The van der Waals surface area contributed by atoms with E-state index in [9.17, 15) is 18.0 Å². The molecule has 0 amide bonds. The lowest BCUT2D eigenvalue weighted by Crippen LogP contribution is -2.37. The average Bonchev–Trinajstić information content (AvgIpc) is 2.34. The van der Waals surface area contributed by atoms with Crippen LogP contribution in [0.1, 0.15) is 22.8 Å². The van der Waals surface area contributed by atoms with Gasteiger partial charge in [0.05, 0.1) is 12.7 Å². The minimum absolute atomic E-state index is 0.155. The minimum atomic E-state index is -4.42. The molecule has 0 aliphatic carbocycles. The number of esters is 1. The molecule has 100 valence electrons. The Morgan fingerprint density at radius 3 is 2.44 bits per heavy atom. The highest BCUT2D eigenvalue weighted by Gasteiger charge is 2.36. The zero-order chi connectivity index (χ0) is 13.8. The number of methoxy groups -OCH3 is 1. The van der Waals surface area contributed by atoms with Crippen LogP contribution >= 0.6 is 0 Å². The van der Waals surface area contributed by atoms with Gasteiger partial charge in [-0.3, -0.25) is 0 Å². The molecule has 0 heterocycles. The van der Waals surface area contributed by atoms with Crippen molar-refractivity contribution in [1.29, 1.82) is 0 Å². The molecule has 0 saturated heterocycles. The van der Waals surface area contributed by atoms with Crippen molar-refractivity contribution in [3.63, 3.8) is 0 Å². The van der Waals surface area contributed by atoms with E-state index in [-0.39, 0.29) is 18.7 Å². The SMILES string of the molecule is CCN(Cc1ccccc1C(=O)OC)C(F)(F)F. The molecule has 1 rings (SSSR count). The van der Waals surface area contributed by atoms with Crippen molar-refractivity contribution >= 4 is 5.97 Å². The summed E-state index contributed by atoms with van der Waals surface area (Å²) in [5.74, 6) is -0.635. The molecule has 0 saturated carbocycles. The third kappa shape index (κ3) is 3.46. The Kier molecular flexibility index (Phi) is 4.72. The molecule has 0 aliphatic rings. The van der Waals surface area contributed by atoms with Gasteiger partial charge in [0.1, 0.15) is 0 Å². The predicted octanol–water partition coefficient (Wildman–Crippen LogP) is 2.81. The summed E-state index contributed by atoms with van der Waals surface area (Å²) < 4.78 is 42.4. The van der Waals surface area contributed by atoms with E-state index in [0.717, 1.165) is 0 Å². The zero-order valence-electron chi connectivity index (χ0n) is 10.1. The molecule has 0 radical (unpaired) electrons. The number of nitrogens with zero attached hydrogens (tertiary/aromatic N) is 1. The van der Waals surface area contributed by atoms with Gasteiger partial charge >= 0.3 is 12.3 Å². The molecule has 0 bridgehead atoms. The van der Waals surface area contributed by atoms with Gasteiger partial charge in [0.15, 0.2) is 0 Å². The third-order valence-electron chi connectivity index (χ3n) is 2.52. The Morgan fingerprint density at radius 2 is 1.94 bits per heavy atom. The van der Waals surface area contributed by atoms with E-state index in [1.807, 2.05) is 0 Å². The van der Waals surface area contributed by atoms with E-state index < -0.39 is 12.3 Å². The Hall–Kier alpha value is -1.56.